The Hall–Kier alpha value is -1.36. The molecule has 2 heterocycles. The summed E-state index contributed by atoms with van der Waals surface area (Å²) in [5.74, 6) is -0.966. The van der Waals surface area contributed by atoms with E-state index < -0.39 is 5.97 Å². The molecule has 2 aromatic rings. The molecule has 122 valence electrons. The number of carboxylic acids is 1. The Labute approximate surface area is 145 Å². The predicted octanol–water partition coefficient (Wildman–Crippen LogP) is 4.60. The van der Waals surface area contributed by atoms with Crippen LogP contribution in [0.2, 0.25) is 5.02 Å². The average Bonchev–Trinajstić information content (AvgIpc) is 2.96. The van der Waals surface area contributed by atoms with Gasteiger partial charge in [-0.2, -0.15) is 0 Å². The van der Waals surface area contributed by atoms with Gasteiger partial charge in [0.05, 0.1) is 12.0 Å². The molecule has 0 bridgehead atoms. The first-order chi connectivity index (χ1) is 11.0. The maximum absolute atomic E-state index is 11.4. The molecule has 0 amide bonds. The second-order valence-electron chi connectivity index (χ2n) is 6.15. The van der Waals surface area contributed by atoms with Crippen LogP contribution in [0.3, 0.4) is 0 Å². The maximum Gasteiger partial charge on any atom is 0.307 e. The largest absolute Gasteiger partial charge is 0.481 e. The minimum Gasteiger partial charge on any atom is -0.481 e. The number of aryl methyl sites for hydroxylation is 1. The first-order valence-corrected chi connectivity index (χ1v) is 9.07. The number of carboxylic acid groups (broad SMARTS) is 1. The molecule has 1 saturated heterocycles. The standard InChI is InChI=1S/C18H20ClNO2S/c1-12-9-16(23-11-12)17(13-4-6-15(19)7-5-13)20-8-2-3-14(10-20)18(21)22/h4-7,9,11,14,17H,2-3,8,10H2,1H3,(H,21,22). The van der Waals surface area contributed by atoms with E-state index >= 15 is 0 Å². The molecule has 1 aliphatic rings. The fourth-order valence-corrected chi connectivity index (χ4v) is 4.42. The zero-order valence-electron chi connectivity index (χ0n) is 13.0. The third-order valence-corrected chi connectivity index (χ3v) is 5.73. The molecule has 1 aromatic heterocycles. The normalized spacial score (nSPS) is 20.3. The van der Waals surface area contributed by atoms with Crippen LogP contribution in [0.15, 0.2) is 35.7 Å². The molecule has 1 N–H and O–H groups in total. The lowest BCUT2D eigenvalue weighted by Crippen LogP contribution is -2.41. The van der Waals surface area contributed by atoms with Crippen LogP contribution in [-0.2, 0) is 4.79 Å². The molecule has 0 aliphatic carbocycles. The summed E-state index contributed by atoms with van der Waals surface area (Å²) in [7, 11) is 0. The van der Waals surface area contributed by atoms with Crippen molar-refractivity contribution in [1.29, 1.82) is 0 Å². The number of benzene rings is 1. The Morgan fingerprint density at radius 1 is 1.39 bits per heavy atom. The number of hydrogen-bond acceptors (Lipinski definition) is 3. The van der Waals surface area contributed by atoms with Gasteiger partial charge < -0.3 is 5.11 Å². The van der Waals surface area contributed by atoms with Gasteiger partial charge >= 0.3 is 5.97 Å². The number of thiophene rings is 1. The predicted molar refractivity (Wildman–Crippen MR) is 94.3 cm³/mol. The molecule has 23 heavy (non-hydrogen) atoms. The maximum atomic E-state index is 11.4. The van der Waals surface area contributed by atoms with Crippen LogP contribution in [0.25, 0.3) is 0 Å². The summed E-state index contributed by atoms with van der Waals surface area (Å²) in [5.41, 5.74) is 2.41. The molecular formula is C18H20ClNO2S. The van der Waals surface area contributed by atoms with Crippen molar-refractivity contribution < 1.29 is 9.90 Å². The van der Waals surface area contributed by atoms with E-state index in [-0.39, 0.29) is 12.0 Å². The van der Waals surface area contributed by atoms with E-state index in [2.05, 4.69) is 23.3 Å². The lowest BCUT2D eigenvalue weighted by Gasteiger charge is -2.37. The summed E-state index contributed by atoms with van der Waals surface area (Å²) in [6, 6.07) is 10.2. The summed E-state index contributed by atoms with van der Waals surface area (Å²) in [5, 5.41) is 12.2. The van der Waals surface area contributed by atoms with Gasteiger partial charge in [-0.3, -0.25) is 9.69 Å². The van der Waals surface area contributed by atoms with Gasteiger partial charge in [0.15, 0.2) is 0 Å². The second-order valence-corrected chi connectivity index (χ2v) is 7.53. The number of piperidine rings is 1. The van der Waals surface area contributed by atoms with Gasteiger partial charge in [-0.05, 0) is 61.0 Å². The molecule has 0 radical (unpaired) electrons. The second kappa shape index (κ2) is 7.04. The van der Waals surface area contributed by atoms with Crippen molar-refractivity contribution >= 4 is 28.9 Å². The van der Waals surface area contributed by atoms with Gasteiger partial charge in [0, 0.05) is 16.4 Å². The lowest BCUT2D eigenvalue weighted by molar-refractivity contribution is -0.143. The van der Waals surface area contributed by atoms with E-state index in [0.717, 1.165) is 24.4 Å². The highest BCUT2D eigenvalue weighted by molar-refractivity contribution is 7.10. The van der Waals surface area contributed by atoms with Gasteiger partial charge in [-0.15, -0.1) is 11.3 Å². The van der Waals surface area contributed by atoms with Gasteiger partial charge in [0.1, 0.15) is 0 Å². The molecule has 2 unspecified atom stereocenters. The number of hydrogen-bond donors (Lipinski definition) is 1. The summed E-state index contributed by atoms with van der Waals surface area (Å²) >= 11 is 7.77. The van der Waals surface area contributed by atoms with E-state index in [1.165, 1.54) is 16.0 Å². The molecule has 0 spiro atoms. The van der Waals surface area contributed by atoms with Crippen molar-refractivity contribution in [2.75, 3.05) is 13.1 Å². The molecule has 0 saturated carbocycles. The molecule has 1 aliphatic heterocycles. The van der Waals surface area contributed by atoms with Crippen molar-refractivity contribution in [2.24, 2.45) is 5.92 Å². The van der Waals surface area contributed by atoms with Crippen molar-refractivity contribution in [2.45, 2.75) is 25.8 Å². The van der Waals surface area contributed by atoms with Crippen LogP contribution < -0.4 is 0 Å². The fraction of sp³-hybridized carbons (Fsp3) is 0.389. The zero-order valence-corrected chi connectivity index (χ0v) is 14.6. The summed E-state index contributed by atoms with van der Waals surface area (Å²) in [6.07, 6.45) is 1.69. The summed E-state index contributed by atoms with van der Waals surface area (Å²) in [4.78, 5) is 15.0. The number of likely N-dealkylation sites (tertiary alicyclic amines) is 1. The molecule has 5 heteroatoms. The van der Waals surface area contributed by atoms with Crippen LogP contribution >= 0.6 is 22.9 Å². The number of halogens is 1. The van der Waals surface area contributed by atoms with Crippen molar-refractivity contribution in [1.82, 2.24) is 4.90 Å². The van der Waals surface area contributed by atoms with Crippen LogP contribution in [-0.4, -0.2) is 29.1 Å². The van der Waals surface area contributed by atoms with Gasteiger partial charge in [-0.25, -0.2) is 0 Å². The number of nitrogens with zero attached hydrogens (tertiary/aromatic N) is 1. The van der Waals surface area contributed by atoms with E-state index in [9.17, 15) is 9.90 Å². The van der Waals surface area contributed by atoms with E-state index in [4.69, 9.17) is 11.6 Å². The molecule has 3 rings (SSSR count). The smallest absolute Gasteiger partial charge is 0.307 e. The van der Waals surface area contributed by atoms with Crippen molar-refractivity contribution in [3.8, 4) is 0 Å². The van der Waals surface area contributed by atoms with E-state index in [0.29, 0.717) is 6.54 Å². The number of rotatable bonds is 4. The highest BCUT2D eigenvalue weighted by Crippen LogP contribution is 2.36. The molecular weight excluding hydrogens is 330 g/mol. The molecule has 1 aromatic carbocycles. The highest BCUT2D eigenvalue weighted by Gasteiger charge is 2.31. The topological polar surface area (TPSA) is 40.5 Å². The Balaban J connectivity index is 1.94. The van der Waals surface area contributed by atoms with Crippen LogP contribution in [0.1, 0.15) is 34.9 Å². The van der Waals surface area contributed by atoms with Crippen molar-refractivity contribution in [3.63, 3.8) is 0 Å². The van der Waals surface area contributed by atoms with Gasteiger partial charge in [0.25, 0.3) is 0 Å². The van der Waals surface area contributed by atoms with E-state index in [1.54, 1.807) is 11.3 Å². The lowest BCUT2D eigenvalue weighted by atomic mass is 9.94. The third-order valence-electron chi connectivity index (χ3n) is 4.37. The van der Waals surface area contributed by atoms with Crippen LogP contribution in [0, 0.1) is 12.8 Å². The van der Waals surface area contributed by atoms with E-state index in [1.807, 2.05) is 24.3 Å². The highest BCUT2D eigenvalue weighted by atomic mass is 35.5. The monoisotopic (exact) mass is 349 g/mol. The first-order valence-electron chi connectivity index (χ1n) is 7.82. The number of aliphatic carboxylic acids is 1. The Morgan fingerprint density at radius 3 is 2.74 bits per heavy atom. The average molecular weight is 350 g/mol. The Morgan fingerprint density at radius 2 is 2.13 bits per heavy atom. The van der Waals surface area contributed by atoms with Crippen molar-refractivity contribution in [3.05, 3.63) is 56.7 Å². The fourth-order valence-electron chi connectivity index (χ4n) is 3.24. The number of carbonyl (C=O) groups is 1. The molecule has 2 atom stereocenters. The quantitative estimate of drug-likeness (QED) is 0.877. The molecule has 1 fully saturated rings. The third kappa shape index (κ3) is 3.77. The zero-order chi connectivity index (χ0) is 16.4. The van der Waals surface area contributed by atoms with Gasteiger partial charge in [0.2, 0.25) is 0 Å². The molecule has 3 nitrogen and oxygen atoms in total. The Bertz CT molecular complexity index is 683. The minimum absolute atomic E-state index is 0.105. The minimum atomic E-state index is -0.688. The summed E-state index contributed by atoms with van der Waals surface area (Å²) in [6.45, 7) is 3.61. The SMILES string of the molecule is Cc1csc(C(c2ccc(Cl)cc2)N2CCCC(C(=O)O)C2)c1. The first kappa shape index (κ1) is 16.5. The van der Waals surface area contributed by atoms with Crippen LogP contribution in [0.5, 0.6) is 0 Å². The Kier molecular flexibility index (Phi) is 5.05. The summed E-state index contributed by atoms with van der Waals surface area (Å²) < 4.78 is 0. The van der Waals surface area contributed by atoms with Crippen LogP contribution in [0.4, 0.5) is 0 Å². The van der Waals surface area contributed by atoms with Gasteiger partial charge in [-0.1, -0.05) is 23.7 Å².